The van der Waals surface area contributed by atoms with Crippen LogP contribution in [0.15, 0.2) is 41.6 Å². The summed E-state index contributed by atoms with van der Waals surface area (Å²) in [5.74, 6) is 0.371. The van der Waals surface area contributed by atoms with Gasteiger partial charge in [0.2, 0.25) is 0 Å². The zero-order valence-electron chi connectivity index (χ0n) is 18.1. The third kappa shape index (κ3) is 4.35. The maximum absolute atomic E-state index is 13.0. The number of ether oxygens (including phenoxy) is 1. The zero-order valence-corrected chi connectivity index (χ0v) is 18.1. The van der Waals surface area contributed by atoms with Crippen LogP contribution in [0.25, 0.3) is 0 Å². The molecule has 0 spiro atoms. The first-order chi connectivity index (χ1) is 15.0. The van der Waals surface area contributed by atoms with Crippen molar-refractivity contribution in [1.29, 1.82) is 0 Å². The lowest BCUT2D eigenvalue weighted by Crippen LogP contribution is -2.34. The van der Waals surface area contributed by atoms with Crippen LogP contribution in [0.2, 0.25) is 0 Å². The molecule has 2 heterocycles. The standard InChI is InChI=1S/C24H26N4O3/c1-15-7-8-28(14-20-13-25-16(2)11-26-20)24(30)22(15)23(29)27-12-19-9-17-5-4-6-18(17)10-21(19)31-3/h7-11,13H,4-6,12,14H2,1-3H3,(H,27,29). The van der Waals surface area contributed by atoms with Crippen LogP contribution in [0, 0.1) is 13.8 Å². The number of hydrogen-bond acceptors (Lipinski definition) is 5. The molecule has 0 unspecified atom stereocenters. The lowest BCUT2D eigenvalue weighted by Gasteiger charge is -2.14. The van der Waals surface area contributed by atoms with Crippen molar-refractivity contribution in [2.45, 2.75) is 46.2 Å². The Morgan fingerprint density at radius 1 is 1.16 bits per heavy atom. The number of nitrogens with one attached hydrogen (secondary N) is 1. The Balaban J connectivity index is 1.55. The Morgan fingerprint density at radius 2 is 1.94 bits per heavy atom. The fourth-order valence-electron chi connectivity index (χ4n) is 3.99. The van der Waals surface area contributed by atoms with Gasteiger partial charge in [0, 0.05) is 24.5 Å². The van der Waals surface area contributed by atoms with E-state index in [1.54, 1.807) is 38.7 Å². The van der Waals surface area contributed by atoms with Gasteiger partial charge in [-0.3, -0.25) is 19.6 Å². The fourth-order valence-corrected chi connectivity index (χ4v) is 3.99. The Bertz CT molecular complexity index is 1180. The maximum Gasteiger partial charge on any atom is 0.264 e. The SMILES string of the molecule is COc1cc2c(cc1CNC(=O)c1c(C)ccn(Cc3cnc(C)cn3)c1=O)CCC2. The van der Waals surface area contributed by atoms with E-state index in [0.29, 0.717) is 17.8 Å². The number of methoxy groups -OCH3 is 1. The maximum atomic E-state index is 13.0. The number of carbonyl (C=O) groups excluding carboxylic acids is 1. The lowest BCUT2D eigenvalue weighted by atomic mass is 10.0. The van der Waals surface area contributed by atoms with Gasteiger partial charge >= 0.3 is 0 Å². The summed E-state index contributed by atoms with van der Waals surface area (Å²) < 4.78 is 7.00. The molecule has 7 heteroatoms. The summed E-state index contributed by atoms with van der Waals surface area (Å²) in [6, 6.07) is 5.94. The number of aromatic nitrogens is 3. The van der Waals surface area contributed by atoms with Crippen molar-refractivity contribution < 1.29 is 9.53 Å². The number of benzene rings is 1. The van der Waals surface area contributed by atoms with Gasteiger partial charge in [0.25, 0.3) is 11.5 Å². The van der Waals surface area contributed by atoms with Gasteiger partial charge in [0.15, 0.2) is 0 Å². The largest absolute Gasteiger partial charge is 0.496 e. The van der Waals surface area contributed by atoms with Gasteiger partial charge in [-0.1, -0.05) is 6.07 Å². The number of rotatable bonds is 6. The van der Waals surface area contributed by atoms with Crippen LogP contribution < -0.4 is 15.6 Å². The molecule has 3 aromatic rings. The molecular formula is C24H26N4O3. The van der Waals surface area contributed by atoms with Crippen molar-refractivity contribution in [2.24, 2.45) is 0 Å². The van der Waals surface area contributed by atoms with E-state index in [9.17, 15) is 9.59 Å². The highest BCUT2D eigenvalue weighted by Crippen LogP contribution is 2.29. The summed E-state index contributed by atoms with van der Waals surface area (Å²) in [6.45, 7) is 4.17. The van der Waals surface area contributed by atoms with Crippen LogP contribution in [0.5, 0.6) is 5.75 Å². The van der Waals surface area contributed by atoms with Gasteiger partial charge in [-0.05, 0) is 61.9 Å². The van der Waals surface area contributed by atoms with E-state index in [2.05, 4.69) is 27.4 Å². The zero-order chi connectivity index (χ0) is 22.0. The van der Waals surface area contributed by atoms with Crippen molar-refractivity contribution >= 4 is 5.91 Å². The van der Waals surface area contributed by atoms with Crippen LogP contribution >= 0.6 is 0 Å². The van der Waals surface area contributed by atoms with Gasteiger partial charge in [-0.2, -0.15) is 0 Å². The normalized spacial score (nSPS) is 12.5. The van der Waals surface area contributed by atoms with Crippen molar-refractivity contribution in [3.8, 4) is 5.75 Å². The Labute approximate surface area is 181 Å². The molecule has 0 bridgehead atoms. The molecule has 1 aliphatic carbocycles. The summed E-state index contributed by atoms with van der Waals surface area (Å²) in [5, 5.41) is 2.90. The minimum Gasteiger partial charge on any atom is -0.496 e. The number of aryl methyl sites for hydroxylation is 4. The van der Waals surface area contributed by atoms with E-state index in [1.807, 2.05) is 6.92 Å². The molecule has 7 nitrogen and oxygen atoms in total. The molecule has 0 aliphatic heterocycles. The van der Waals surface area contributed by atoms with Crippen LogP contribution in [0.1, 0.15) is 50.4 Å². The second kappa shape index (κ2) is 8.71. The smallest absolute Gasteiger partial charge is 0.264 e. The third-order valence-electron chi connectivity index (χ3n) is 5.70. The number of hydrogen-bond donors (Lipinski definition) is 1. The van der Waals surface area contributed by atoms with E-state index in [0.717, 1.165) is 36.3 Å². The van der Waals surface area contributed by atoms with E-state index in [-0.39, 0.29) is 17.7 Å². The van der Waals surface area contributed by atoms with Gasteiger partial charge < -0.3 is 14.6 Å². The first-order valence-electron chi connectivity index (χ1n) is 10.4. The molecule has 1 aliphatic rings. The molecule has 0 radical (unpaired) electrons. The second-order valence-electron chi connectivity index (χ2n) is 7.92. The molecule has 0 atom stereocenters. The predicted octanol–water partition coefficient (Wildman–Crippen LogP) is 2.73. The van der Waals surface area contributed by atoms with Crippen LogP contribution in [0.4, 0.5) is 0 Å². The summed E-state index contributed by atoms with van der Waals surface area (Å²) >= 11 is 0. The van der Waals surface area contributed by atoms with Crippen molar-refractivity contribution in [3.05, 3.63) is 86.3 Å². The Hall–Kier alpha value is -3.48. The molecule has 1 amide bonds. The molecular weight excluding hydrogens is 392 g/mol. The average Bonchev–Trinajstić information content (AvgIpc) is 3.22. The molecule has 1 N–H and O–H groups in total. The van der Waals surface area contributed by atoms with Gasteiger partial charge in [-0.25, -0.2) is 0 Å². The van der Waals surface area contributed by atoms with E-state index < -0.39 is 5.91 Å². The molecule has 0 fully saturated rings. The number of pyridine rings is 1. The number of fused-ring (bicyclic) bond motifs is 1. The second-order valence-corrected chi connectivity index (χ2v) is 7.92. The molecule has 0 saturated heterocycles. The monoisotopic (exact) mass is 418 g/mol. The van der Waals surface area contributed by atoms with E-state index >= 15 is 0 Å². The molecule has 2 aromatic heterocycles. The Morgan fingerprint density at radius 3 is 2.65 bits per heavy atom. The number of amides is 1. The topological polar surface area (TPSA) is 86.1 Å². The molecule has 4 rings (SSSR count). The van der Waals surface area contributed by atoms with Crippen molar-refractivity contribution in [3.63, 3.8) is 0 Å². The van der Waals surface area contributed by atoms with Crippen molar-refractivity contribution in [1.82, 2.24) is 19.9 Å². The van der Waals surface area contributed by atoms with Gasteiger partial charge in [0.05, 0.1) is 31.2 Å². The lowest BCUT2D eigenvalue weighted by molar-refractivity contribution is 0.0948. The average molecular weight is 418 g/mol. The quantitative estimate of drug-likeness (QED) is 0.665. The number of carbonyl (C=O) groups is 1. The first kappa shape index (κ1) is 20.8. The van der Waals surface area contributed by atoms with Crippen LogP contribution in [0.3, 0.4) is 0 Å². The van der Waals surface area contributed by atoms with Crippen molar-refractivity contribution in [2.75, 3.05) is 7.11 Å². The van der Waals surface area contributed by atoms with E-state index in [1.165, 1.54) is 15.7 Å². The first-order valence-corrected chi connectivity index (χ1v) is 10.4. The highest BCUT2D eigenvalue weighted by Gasteiger charge is 2.19. The number of nitrogens with zero attached hydrogens (tertiary/aromatic N) is 3. The fraction of sp³-hybridized carbons (Fsp3) is 0.333. The highest BCUT2D eigenvalue weighted by molar-refractivity contribution is 5.95. The van der Waals surface area contributed by atoms with Gasteiger partial charge in [0.1, 0.15) is 11.3 Å². The summed E-state index contributed by atoms with van der Waals surface area (Å²) in [4.78, 5) is 34.5. The molecule has 0 saturated carbocycles. The van der Waals surface area contributed by atoms with Crippen LogP contribution in [-0.4, -0.2) is 27.6 Å². The molecule has 1 aromatic carbocycles. The minimum atomic E-state index is -0.394. The summed E-state index contributed by atoms with van der Waals surface area (Å²) in [5.41, 5.74) is 5.43. The van der Waals surface area contributed by atoms with E-state index in [4.69, 9.17) is 4.74 Å². The van der Waals surface area contributed by atoms with Gasteiger partial charge in [-0.15, -0.1) is 0 Å². The summed E-state index contributed by atoms with van der Waals surface area (Å²) in [6.07, 6.45) is 8.23. The summed E-state index contributed by atoms with van der Waals surface area (Å²) in [7, 11) is 1.63. The highest BCUT2D eigenvalue weighted by atomic mass is 16.5. The molecule has 160 valence electrons. The minimum absolute atomic E-state index is 0.141. The third-order valence-corrected chi connectivity index (χ3v) is 5.70. The van der Waals surface area contributed by atoms with Crippen LogP contribution in [-0.2, 0) is 25.9 Å². The predicted molar refractivity (Wildman–Crippen MR) is 117 cm³/mol. The molecule has 31 heavy (non-hydrogen) atoms. The Kier molecular flexibility index (Phi) is 5.84.